The largest absolute Gasteiger partial charge is 0.497 e. The Morgan fingerprint density at radius 1 is 0.683 bits per heavy atom. The molecule has 0 aliphatic heterocycles. The van der Waals surface area contributed by atoms with Crippen molar-refractivity contribution < 1.29 is 23.8 Å². The van der Waals surface area contributed by atoms with Gasteiger partial charge in [0, 0.05) is 19.5 Å². The van der Waals surface area contributed by atoms with Crippen molar-refractivity contribution in [1.82, 2.24) is 10.2 Å². The van der Waals surface area contributed by atoms with E-state index in [-0.39, 0.29) is 25.0 Å². The van der Waals surface area contributed by atoms with Crippen LogP contribution in [0, 0.1) is 0 Å². The molecule has 4 rings (SSSR count). The molecule has 4 aromatic carbocycles. The fourth-order valence-electron chi connectivity index (χ4n) is 4.47. The molecule has 0 unspecified atom stereocenters. The van der Waals surface area contributed by atoms with Crippen LogP contribution < -0.4 is 19.5 Å². The van der Waals surface area contributed by atoms with Crippen LogP contribution in [-0.2, 0) is 29.0 Å². The maximum Gasteiger partial charge on any atom is 0.261 e. The summed E-state index contributed by atoms with van der Waals surface area (Å²) in [7, 11) is 3.24. The Morgan fingerprint density at radius 2 is 1.24 bits per heavy atom. The van der Waals surface area contributed by atoms with Crippen LogP contribution >= 0.6 is 0 Å². The smallest absolute Gasteiger partial charge is 0.261 e. The van der Waals surface area contributed by atoms with Gasteiger partial charge in [-0.25, -0.2) is 0 Å². The molecule has 1 N–H and O–H groups in total. The molecule has 41 heavy (non-hydrogen) atoms. The number of amides is 2. The second-order valence-corrected chi connectivity index (χ2v) is 9.57. The molecule has 0 heterocycles. The number of hydrogen-bond acceptors (Lipinski definition) is 5. The summed E-state index contributed by atoms with van der Waals surface area (Å²) in [4.78, 5) is 29.1. The first-order valence-electron chi connectivity index (χ1n) is 13.6. The first kappa shape index (κ1) is 29.2. The van der Waals surface area contributed by atoms with Crippen molar-refractivity contribution in [2.45, 2.75) is 25.4 Å². The van der Waals surface area contributed by atoms with Crippen molar-refractivity contribution >= 4 is 11.8 Å². The average Bonchev–Trinajstić information content (AvgIpc) is 3.03. The van der Waals surface area contributed by atoms with Crippen molar-refractivity contribution in [3.05, 3.63) is 126 Å². The SMILES string of the molecule is COc1ccc(CCNC(=O)[C@@H](Cc2ccccc2)N(Cc2ccc(OC)cc2)C(=O)COc2ccccc2)cc1. The summed E-state index contributed by atoms with van der Waals surface area (Å²) in [6, 6.07) is 33.4. The molecule has 0 aromatic heterocycles. The molecule has 0 radical (unpaired) electrons. The zero-order chi connectivity index (χ0) is 28.9. The number of carbonyl (C=O) groups is 2. The Bertz CT molecular complexity index is 1360. The van der Waals surface area contributed by atoms with Crippen molar-refractivity contribution in [2.24, 2.45) is 0 Å². The van der Waals surface area contributed by atoms with Crippen LogP contribution in [0.25, 0.3) is 0 Å². The Morgan fingerprint density at radius 3 is 1.83 bits per heavy atom. The van der Waals surface area contributed by atoms with Crippen molar-refractivity contribution in [3.63, 3.8) is 0 Å². The van der Waals surface area contributed by atoms with E-state index in [2.05, 4.69) is 5.32 Å². The monoisotopic (exact) mass is 552 g/mol. The third kappa shape index (κ3) is 8.86. The Kier molecular flexibility index (Phi) is 10.8. The van der Waals surface area contributed by atoms with E-state index in [4.69, 9.17) is 14.2 Å². The van der Waals surface area contributed by atoms with E-state index in [1.807, 2.05) is 97.1 Å². The molecule has 4 aromatic rings. The minimum atomic E-state index is -0.748. The van der Waals surface area contributed by atoms with Gasteiger partial charge in [-0.3, -0.25) is 9.59 Å². The van der Waals surface area contributed by atoms with Crippen molar-refractivity contribution in [3.8, 4) is 17.2 Å². The molecule has 1 atom stereocenters. The van der Waals surface area contributed by atoms with Gasteiger partial charge in [-0.05, 0) is 59.5 Å². The van der Waals surface area contributed by atoms with Gasteiger partial charge in [0.25, 0.3) is 5.91 Å². The molecule has 0 saturated carbocycles. The van der Waals surface area contributed by atoms with Crippen LogP contribution in [0.2, 0.25) is 0 Å². The average molecular weight is 553 g/mol. The highest BCUT2D eigenvalue weighted by Crippen LogP contribution is 2.19. The van der Waals surface area contributed by atoms with Gasteiger partial charge in [0.05, 0.1) is 14.2 Å². The van der Waals surface area contributed by atoms with Crippen molar-refractivity contribution in [2.75, 3.05) is 27.4 Å². The lowest BCUT2D eigenvalue weighted by Gasteiger charge is -2.31. The highest BCUT2D eigenvalue weighted by atomic mass is 16.5. The maximum atomic E-state index is 13.8. The van der Waals surface area contributed by atoms with Crippen LogP contribution in [0.5, 0.6) is 17.2 Å². The summed E-state index contributed by atoms with van der Waals surface area (Å²) in [6.45, 7) is 0.483. The van der Waals surface area contributed by atoms with Crippen LogP contribution in [0.4, 0.5) is 0 Å². The summed E-state index contributed by atoms with van der Waals surface area (Å²) < 4.78 is 16.3. The molecular weight excluding hydrogens is 516 g/mol. The van der Waals surface area contributed by atoms with E-state index >= 15 is 0 Å². The molecule has 0 aliphatic carbocycles. The van der Waals surface area contributed by atoms with Crippen LogP contribution in [-0.4, -0.2) is 50.1 Å². The van der Waals surface area contributed by atoms with Gasteiger partial charge < -0.3 is 24.4 Å². The quantitative estimate of drug-likeness (QED) is 0.236. The van der Waals surface area contributed by atoms with Gasteiger partial charge in [-0.2, -0.15) is 0 Å². The summed E-state index contributed by atoms with van der Waals surface area (Å²) in [5.41, 5.74) is 2.91. The summed E-state index contributed by atoms with van der Waals surface area (Å²) in [5, 5.41) is 3.07. The number of methoxy groups -OCH3 is 2. The molecule has 0 spiro atoms. The number of nitrogens with zero attached hydrogens (tertiary/aromatic N) is 1. The second kappa shape index (κ2) is 15.1. The fourth-order valence-corrected chi connectivity index (χ4v) is 4.47. The number of rotatable bonds is 14. The number of benzene rings is 4. The minimum absolute atomic E-state index is 0.190. The minimum Gasteiger partial charge on any atom is -0.497 e. The zero-order valence-electron chi connectivity index (χ0n) is 23.5. The number of ether oxygens (including phenoxy) is 3. The fraction of sp³-hybridized carbons (Fsp3) is 0.235. The Labute approximate surface area is 241 Å². The molecule has 7 nitrogen and oxygen atoms in total. The molecule has 7 heteroatoms. The number of para-hydroxylation sites is 1. The Balaban J connectivity index is 1.55. The lowest BCUT2D eigenvalue weighted by molar-refractivity contribution is -0.142. The molecule has 0 bridgehead atoms. The molecule has 0 fully saturated rings. The molecule has 0 aliphatic rings. The number of nitrogens with one attached hydrogen (secondary N) is 1. The second-order valence-electron chi connectivity index (χ2n) is 9.57. The van der Waals surface area contributed by atoms with Gasteiger partial charge in [-0.15, -0.1) is 0 Å². The van der Waals surface area contributed by atoms with Crippen LogP contribution in [0.1, 0.15) is 16.7 Å². The normalized spacial score (nSPS) is 11.3. The van der Waals surface area contributed by atoms with E-state index < -0.39 is 6.04 Å². The standard InChI is InChI=1S/C34H36N2O5/c1-39-29-17-13-26(14-18-29)21-22-35-34(38)32(23-27-9-5-3-6-10-27)36(24-28-15-19-30(40-2)20-16-28)33(37)25-41-31-11-7-4-8-12-31/h3-20,32H,21-25H2,1-2H3,(H,35,38)/t32-/m1/s1. The third-order valence-corrected chi connectivity index (χ3v) is 6.76. The predicted molar refractivity (Wildman–Crippen MR) is 159 cm³/mol. The van der Waals surface area contributed by atoms with Crippen LogP contribution in [0.3, 0.4) is 0 Å². The first-order chi connectivity index (χ1) is 20.1. The first-order valence-corrected chi connectivity index (χ1v) is 13.6. The predicted octanol–water partition coefficient (Wildman–Crippen LogP) is 5.08. The van der Waals surface area contributed by atoms with Gasteiger partial charge in [0.15, 0.2) is 6.61 Å². The van der Waals surface area contributed by atoms with Gasteiger partial charge in [-0.1, -0.05) is 72.8 Å². The third-order valence-electron chi connectivity index (χ3n) is 6.76. The molecule has 212 valence electrons. The maximum absolute atomic E-state index is 13.8. The van der Waals surface area contributed by atoms with Gasteiger partial charge >= 0.3 is 0 Å². The lowest BCUT2D eigenvalue weighted by atomic mass is 10.0. The van der Waals surface area contributed by atoms with E-state index in [0.717, 1.165) is 28.2 Å². The molecule has 0 saturated heterocycles. The molecular formula is C34H36N2O5. The summed E-state index contributed by atoms with van der Waals surface area (Å²) >= 11 is 0. The van der Waals surface area contributed by atoms with E-state index in [0.29, 0.717) is 25.1 Å². The molecule has 2 amide bonds. The highest BCUT2D eigenvalue weighted by molar-refractivity contribution is 5.88. The summed E-state index contributed by atoms with van der Waals surface area (Å²) in [6.07, 6.45) is 1.01. The lowest BCUT2D eigenvalue weighted by Crippen LogP contribution is -2.52. The van der Waals surface area contributed by atoms with E-state index in [1.54, 1.807) is 31.3 Å². The highest BCUT2D eigenvalue weighted by Gasteiger charge is 2.30. The summed E-state index contributed by atoms with van der Waals surface area (Å²) in [5.74, 6) is 1.59. The number of carbonyl (C=O) groups excluding carboxylic acids is 2. The van der Waals surface area contributed by atoms with E-state index in [1.165, 1.54) is 0 Å². The Hall–Kier alpha value is -4.78. The van der Waals surface area contributed by atoms with Crippen molar-refractivity contribution in [1.29, 1.82) is 0 Å². The zero-order valence-corrected chi connectivity index (χ0v) is 23.5. The van der Waals surface area contributed by atoms with Gasteiger partial charge in [0.1, 0.15) is 23.3 Å². The number of hydrogen-bond donors (Lipinski definition) is 1. The van der Waals surface area contributed by atoms with E-state index in [9.17, 15) is 9.59 Å². The van der Waals surface area contributed by atoms with Crippen LogP contribution in [0.15, 0.2) is 109 Å². The van der Waals surface area contributed by atoms with Gasteiger partial charge in [0.2, 0.25) is 5.91 Å². The topological polar surface area (TPSA) is 77.1 Å².